The molecule has 2 aromatic rings. The van der Waals surface area contributed by atoms with Crippen LogP contribution in [0.25, 0.3) is 0 Å². The van der Waals surface area contributed by atoms with Gasteiger partial charge in [0.25, 0.3) is 0 Å². The Morgan fingerprint density at radius 2 is 1.33 bits per heavy atom. The molecule has 156 valence electrons. The van der Waals surface area contributed by atoms with Crippen LogP contribution in [0.2, 0.25) is 0 Å². The highest BCUT2D eigenvalue weighted by Crippen LogP contribution is 2.54. The number of thioether (sulfide) groups is 1. The van der Waals surface area contributed by atoms with Crippen molar-refractivity contribution in [2.24, 2.45) is 0 Å². The van der Waals surface area contributed by atoms with Crippen molar-refractivity contribution in [1.29, 1.82) is 0 Å². The van der Waals surface area contributed by atoms with E-state index < -0.39 is 14.6 Å². The molecule has 0 radical (unpaired) electrons. The summed E-state index contributed by atoms with van der Waals surface area (Å²) in [5.74, 6) is 0.323. The number of Topliss-reactive ketones (excluding diaryl/α,β-unsaturated/α-hetero) is 2. The number of sulfone groups is 1. The molecule has 4 aliphatic rings. The van der Waals surface area contributed by atoms with Crippen molar-refractivity contribution >= 4 is 33.2 Å². The zero-order valence-corrected chi connectivity index (χ0v) is 18.4. The zero-order chi connectivity index (χ0) is 21.0. The van der Waals surface area contributed by atoms with Gasteiger partial charge in [-0.3, -0.25) is 9.59 Å². The van der Waals surface area contributed by atoms with E-state index in [2.05, 4.69) is 6.07 Å². The van der Waals surface area contributed by atoms with E-state index in [1.165, 1.54) is 24.2 Å². The third-order valence-corrected chi connectivity index (χ3v) is 11.2. The van der Waals surface area contributed by atoms with E-state index in [4.69, 9.17) is 0 Å². The molecule has 0 amide bonds. The van der Waals surface area contributed by atoms with Crippen molar-refractivity contribution in [3.8, 4) is 0 Å². The van der Waals surface area contributed by atoms with Crippen LogP contribution >= 0.6 is 11.8 Å². The Balaban J connectivity index is 0.000000130. The van der Waals surface area contributed by atoms with Crippen LogP contribution in [0.15, 0.2) is 58.3 Å². The topological polar surface area (TPSA) is 68.3 Å². The number of carbonyl (C=O) groups is 2. The first-order chi connectivity index (χ1) is 14.4. The fourth-order valence-corrected chi connectivity index (χ4v) is 8.90. The lowest BCUT2D eigenvalue weighted by Gasteiger charge is -2.43. The number of hydrogen-bond acceptors (Lipinski definition) is 5. The standard InChI is InChI=1S/C12H12O3S.C12H12OS/c13-10-8-12(6-3-7-12)16(14,15)11-5-2-1-4-9(10)11;13-10-8-12(6-3-7-12)14-11-5-2-1-4-9(10)11/h1-2,4-5H,3,6-8H2;1-2,4-5H,3,6-8H2. The molecule has 0 bridgehead atoms. The van der Waals surface area contributed by atoms with Crippen LogP contribution in [0.3, 0.4) is 0 Å². The van der Waals surface area contributed by atoms with Crippen LogP contribution in [0.4, 0.5) is 0 Å². The molecule has 0 saturated heterocycles. The molecule has 0 unspecified atom stereocenters. The average Bonchev–Trinajstić information content (AvgIpc) is 2.69. The largest absolute Gasteiger partial charge is 0.294 e. The van der Waals surface area contributed by atoms with Gasteiger partial charge < -0.3 is 0 Å². The van der Waals surface area contributed by atoms with Gasteiger partial charge in [-0.15, -0.1) is 11.8 Å². The third-order valence-electron chi connectivity index (χ3n) is 7.06. The van der Waals surface area contributed by atoms with Gasteiger partial charge in [0.2, 0.25) is 0 Å². The first kappa shape index (κ1) is 20.0. The Bertz CT molecular complexity index is 1140. The molecule has 2 heterocycles. The van der Waals surface area contributed by atoms with Gasteiger partial charge in [-0.1, -0.05) is 49.2 Å². The minimum absolute atomic E-state index is 0.0230. The quantitative estimate of drug-likeness (QED) is 0.559. The predicted octanol–water partition coefficient (Wildman–Crippen LogP) is 5.26. The molecule has 2 spiro atoms. The minimum Gasteiger partial charge on any atom is -0.294 e. The zero-order valence-electron chi connectivity index (χ0n) is 16.7. The highest BCUT2D eigenvalue weighted by Gasteiger charge is 2.54. The predicted molar refractivity (Wildman–Crippen MR) is 117 cm³/mol. The van der Waals surface area contributed by atoms with E-state index in [1.54, 1.807) is 24.3 Å². The van der Waals surface area contributed by atoms with E-state index in [-0.39, 0.29) is 21.8 Å². The van der Waals surface area contributed by atoms with E-state index in [1.807, 2.05) is 30.0 Å². The lowest BCUT2D eigenvalue weighted by atomic mass is 9.79. The maximum Gasteiger partial charge on any atom is 0.185 e. The summed E-state index contributed by atoms with van der Waals surface area (Å²) in [5.41, 5.74) is 1.31. The van der Waals surface area contributed by atoms with Crippen molar-refractivity contribution in [3.63, 3.8) is 0 Å². The molecule has 6 heteroatoms. The van der Waals surface area contributed by atoms with Crippen LogP contribution in [-0.4, -0.2) is 29.5 Å². The summed E-state index contributed by atoms with van der Waals surface area (Å²) in [4.78, 5) is 25.2. The molecular weight excluding hydrogens is 416 g/mol. The second-order valence-electron chi connectivity index (χ2n) is 8.87. The summed E-state index contributed by atoms with van der Waals surface area (Å²) in [6.45, 7) is 0. The van der Waals surface area contributed by atoms with Crippen molar-refractivity contribution in [3.05, 3.63) is 59.7 Å². The Kier molecular flexibility index (Phi) is 4.71. The Labute approximate surface area is 181 Å². The fourth-order valence-electron chi connectivity index (χ4n) is 4.96. The summed E-state index contributed by atoms with van der Waals surface area (Å²) in [6.07, 6.45) is 6.85. The van der Waals surface area contributed by atoms with E-state index in [0.29, 0.717) is 24.2 Å². The Morgan fingerprint density at radius 3 is 1.97 bits per heavy atom. The summed E-state index contributed by atoms with van der Waals surface area (Å²) in [7, 11) is -3.30. The lowest BCUT2D eigenvalue weighted by molar-refractivity contribution is 0.0931. The number of benzene rings is 2. The van der Waals surface area contributed by atoms with Gasteiger partial charge >= 0.3 is 0 Å². The van der Waals surface area contributed by atoms with Gasteiger partial charge in [0.15, 0.2) is 21.4 Å². The molecule has 30 heavy (non-hydrogen) atoms. The maximum atomic E-state index is 12.4. The molecular formula is C24H24O4S2. The normalized spacial score (nSPS) is 24.0. The molecule has 2 aliphatic carbocycles. The van der Waals surface area contributed by atoms with Crippen LogP contribution < -0.4 is 0 Å². The molecule has 2 saturated carbocycles. The van der Waals surface area contributed by atoms with Crippen molar-refractivity contribution in [2.75, 3.05) is 0 Å². The first-order valence-electron chi connectivity index (χ1n) is 10.5. The summed E-state index contributed by atoms with van der Waals surface area (Å²) in [5, 5.41) is 0. The molecule has 2 fully saturated rings. The highest BCUT2D eigenvalue weighted by molar-refractivity contribution is 8.01. The van der Waals surface area contributed by atoms with E-state index in [0.717, 1.165) is 18.4 Å². The third kappa shape index (κ3) is 2.99. The molecule has 2 aromatic carbocycles. The monoisotopic (exact) mass is 440 g/mol. The van der Waals surface area contributed by atoms with Crippen molar-refractivity contribution < 1.29 is 18.0 Å². The fraction of sp³-hybridized carbons (Fsp3) is 0.417. The molecule has 0 aromatic heterocycles. The smallest absolute Gasteiger partial charge is 0.185 e. The van der Waals surface area contributed by atoms with Gasteiger partial charge in [0.1, 0.15) is 0 Å². The van der Waals surface area contributed by atoms with Gasteiger partial charge in [0, 0.05) is 33.6 Å². The van der Waals surface area contributed by atoms with E-state index in [9.17, 15) is 18.0 Å². The van der Waals surface area contributed by atoms with Crippen LogP contribution in [0.1, 0.15) is 72.1 Å². The second-order valence-corrected chi connectivity index (χ2v) is 12.7. The van der Waals surface area contributed by atoms with Crippen LogP contribution in [-0.2, 0) is 9.84 Å². The summed E-state index contributed by atoms with van der Waals surface area (Å²) >= 11 is 1.93. The van der Waals surface area contributed by atoms with Gasteiger partial charge in [0.05, 0.1) is 9.64 Å². The van der Waals surface area contributed by atoms with Crippen LogP contribution in [0, 0.1) is 0 Å². The van der Waals surface area contributed by atoms with Gasteiger partial charge in [-0.05, 0) is 37.8 Å². The molecule has 2 aliphatic heterocycles. The number of ketones is 2. The molecule has 0 N–H and O–H groups in total. The maximum absolute atomic E-state index is 12.4. The number of carbonyl (C=O) groups excluding carboxylic acids is 2. The van der Waals surface area contributed by atoms with Crippen LogP contribution in [0.5, 0.6) is 0 Å². The van der Waals surface area contributed by atoms with Crippen molar-refractivity contribution in [1.82, 2.24) is 0 Å². The number of hydrogen-bond donors (Lipinski definition) is 0. The number of rotatable bonds is 0. The second kappa shape index (κ2) is 7.06. The first-order valence-corrected chi connectivity index (χ1v) is 12.8. The number of fused-ring (bicyclic) bond motifs is 2. The minimum atomic E-state index is -3.30. The summed E-state index contributed by atoms with van der Waals surface area (Å²) in [6, 6.07) is 14.6. The van der Waals surface area contributed by atoms with E-state index >= 15 is 0 Å². The highest BCUT2D eigenvalue weighted by atomic mass is 32.2. The molecule has 6 rings (SSSR count). The molecule has 0 atom stereocenters. The lowest BCUT2D eigenvalue weighted by Crippen LogP contribution is -2.49. The average molecular weight is 441 g/mol. The van der Waals surface area contributed by atoms with Gasteiger partial charge in [-0.2, -0.15) is 0 Å². The SMILES string of the molecule is O=C1CC2(CCC2)S(=O)(=O)c2ccccc21.O=C1CC2(CCC2)Sc2ccccc21. The van der Waals surface area contributed by atoms with Gasteiger partial charge in [-0.25, -0.2) is 8.42 Å². The Morgan fingerprint density at radius 1 is 0.733 bits per heavy atom. The Hall–Kier alpha value is -1.92. The van der Waals surface area contributed by atoms with Crippen molar-refractivity contribution in [2.45, 2.75) is 70.7 Å². The molecule has 4 nitrogen and oxygen atoms in total. The summed E-state index contributed by atoms with van der Waals surface area (Å²) < 4.78 is 24.3.